The molecule has 1 aliphatic rings. The van der Waals surface area contributed by atoms with Crippen LogP contribution in [-0.2, 0) is 14.8 Å². The number of benzene rings is 1. The van der Waals surface area contributed by atoms with Gasteiger partial charge >= 0.3 is 6.09 Å². The van der Waals surface area contributed by atoms with Crippen molar-refractivity contribution in [1.29, 1.82) is 0 Å². The minimum atomic E-state index is -3.82. The largest absolute Gasteiger partial charge is 0.465 e. The average molecular weight is 472 g/mol. The molecule has 2 N–H and O–H groups in total. The topological polar surface area (TPSA) is 134 Å². The molecule has 1 amide bonds. The first-order valence-corrected chi connectivity index (χ1v) is 12.0. The van der Waals surface area contributed by atoms with Crippen LogP contribution in [0.3, 0.4) is 0 Å². The number of nitrogens with one attached hydrogen (secondary N) is 1. The van der Waals surface area contributed by atoms with Crippen molar-refractivity contribution in [3.05, 3.63) is 48.3 Å². The summed E-state index contributed by atoms with van der Waals surface area (Å²) in [5.74, 6) is -0.0704. The predicted octanol–water partition coefficient (Wildman–Crippen LogP) is 2.59. The van der Waals surface area contributed by atoms with E-state index in [2.05, 4.69) is 15.3 Å². The fourth-order valence-electron chi connectivity index (χ4n) is 3.96. The van der Waals surface area contributed by atoms with Crippen LogP contribution in [0.2, 0.25) is 0 Å². The van der Waals surface area contributed by atoms with Gasteiger partial charge in [0.2, 0.25) is 0 Å². The Morgan fingerprint density at radius 3 is 2.64 bits per heavy atom. The predicted molar refractivity (Wildman–Crippen MR) is 122 cm³/mol. The highest BCUT2D eigenvalue weighted by atomic mass is 32.2. The normalized spacial score (nSPS) is 18.9. The van der Waals surface area contributed by atoms with Gasteiger partial charge in [0.05, 0.1) is 17.6 Å². The second kappa shape index (κ2) is 8.81. The summed E-state index contributed by atoms with van der Waals surface area (Å²) in [5, 5.41) is 12.1. The van der Waals surface area contributed by atoms with Gasteiger partial charge in [-0.1, -0.05) is 24.6 Å². The summed E-state index contributed by atoms with van der Waals surface area (Å²) in [4.78, 5) is 34.0. The molecule has 0 radical (unpaired) electrons. The number of nitrogens with zero attached hydrogens (tertiary/aromatic N) is 4. The number of Topliss-reactive ketones (excluding diaryl/α,β-unsaturated/α-hetero) is 1. The quantitative estimate of drug-likeness (QED) is 0.560. The molecule has 3 aromatic rings. The van der Waals surface area contributed by atoms with Crippen LogP contribution in [0.4, 0.5) is 10.6 Å². The Kier molecular flexibility index (Phi) is 6.07. The summed E-state index contributed by atoms with van der Waals surface area (Å²) in [6, 6.07) is 8.10. The maximum absolute atomic E-state index is 13.0. The number of anilines is 1. The minimum Gasteiger partial charge on any atom is -0.465 e. The lowest BCUT2D eigenvalue weighted by molar-refractivity contribution is -0.124. The van der Waals surface area contributed by atoms with E-state index in [-0.39, 0.29) is 41.3 Å². The van der Waals surface area contributed by atoms with Gasteiger partial charge in [-0.15, -0.1) is 0 Å². The summed E-state index contributed by atoms with van der Waals surface area (Å²) < 4.78 is 27.1. The maximum atomic E-state index is 13.0. The number of carbonyl (C=O) groups is 2. The highest BCUT2D eigenvalue weighted by molar-refractivity contribution is 7.90. The number of rotatable bonds is 6. The van der Waals surface area contributed by atoms with Crippen LogP contribution >= 0.6 is 0 Å². The van der Waals surface area contributed by atoms with E-state index in [0.717, 1.165) is 9.54 Å². The first-order chi connectivity index (χ1) is 15.7. The highest BCUT2D eigenvalue weighted by Crippen LogP contribution is 2.25. The fraction of sp³-hybridized carbons (Fsp3) is 0.364. The lowest BCUT2D eigenvalue weighted by atomic mass is 9.84. The Labute approximate surface area is 191 Å². The van der Waals surface area contributed by atoms with E-state index in [4.69, 9.17) is 0 Å². The molecule has 4 rings (SSSR count). The number of amides is 1. The van der Waals surface area contributed by atoms with E-state index in [0.29, 0.717) is 24.3 Å². The molecule has 3 heterocycles. The molecule has 2 aromatic heterocycles. The smallest absolute Gasteiger partial charge is 0.407 e. The van der Waals surface area contributed by atoms with Crippen LogP contribution in [0.1, 0.15) is 18.9 Å². The molecule has 0 saturated carbocycles. The maximum Gasteiger partial charge on any atom is 0.407 e. The first-order valence-electron chi connectivity index (χ1n) is 10.6. The van der Waals surface area contributed by atoms with E-state index < -0.39 is 16.1 Å². The van der Waals surface area contributed by atoms with Gasteiger partial charge < -0.3 is 15.3 Å². The Hall–Kier alpha value is -3.47. The molecule has 2 unspecified atom stereocenters. The van der Waals surface area contributed by atoms with Gasteiger partial charge in [0, 0.05) is 25.2 Å². The fourth-order valence-corrected chi connectivity index (χ4v) is 5.26. The molecule has 0 aliphatic carbocycles. The van der Waals surface area contributed by atoms with Crippen molar-refractivity contribution in [2.75, 3.05) is 25.0 Å². The van der Waals surface area contributed by atoms with E-state index >= 15 is 0 Å². The number of ketones is 1. The number of hydrogen-bond donors (Lipinski definition) is 2. The molecule has 1 aromatic carbocycles. The van der Waals surface area contributed by atoms with E-state index in [1.807, 2.05) is 13.8 Å². The van der Waals surface area contributed by atoms with Crippen molar-refractivity contribution in [3.63, 3.8) is 0 Å². The van der Waals surface area contributed by atoms with E-state index in [1.54, 1.807) is 30.3 Å². The van der Waals surface area contributed by atoms with Crippen molar-refractivity contribution in [2.45, 2.75) is 25.2 Å². The Bertz CT molecular complexity index is 1300. The number of carboxylic acid groups (broad SMARTS) is 1. The molecule has 1 saturated heterocycles. The van der Waals surface area contributed by atoms with Crippen LogP contribution in [0, 0.1) is 18.8 Å². The van der Waals surface area contributed by atoms with Gasteiger partial charge in [-0.05, 0) is 37.5 Å². The summed E-state index contributed by atoms with van der Waals surface area (Å²) in [6.07, 6.45) is 2.40. The number of likely N-dealkylation sites (tertiary alicyclic amines) is 1. The molecule has 10 nitrogen and oxygen atoms in total. The van der Waals surface area contributed by atoms with Gasteiger partial charge in [0.15, 0.2) is 11.4 Å². The molecule has 33 heavy (non-hydrogen) atoms. The summed E-state index contributed by atoms with van der Waals surface area (Å²) in [5.41, 5.74) is 1.51. The Balaban J connectivity index is 1.49. The van der Waals surface area contributed by atoms with Gasteiger partial charge in [-0.3, -0.25) is 4.79 Å². The van der Waals surface area contributed by atoms with Crippen molar-refractivity contribution < 1.29 is 23.1 Å². The van der Waals surface area contributed by atoms with Gasteiger partial charge in [-0.2, -0.15) is 0 Å². The second-order valence-corrected chi connectivity index (χ2v) is 10.1. The zero-order chi connectivity index (χ0) is 23.8. The number of aromatic nitrogens is 3. The molecule has 174 valence electrons. The summed E-state index contributed by atoms with van der Waals surface area (Å²) in [6.45, 7) is 4.42. The third-order valence-electron chi connectivity index (χ3n) is 6.02. The molecule has 11 heteroatoms. The highest BCUT2D eigenvalue weighted by Gasteiger charge is 2.33. The average Bonchev–Trinajstić information content (AvgIpc) is 3.22. The van der Waals surface area contributed by atoms with Crippen molar-refractivity contribution >= 4 is 38.9 Å². The van der Waals surface area contributed by atoms with E-state index in [1.165, 1.54) is 17.3 Å². The van der Waals surface area contributed by atoms with Gasteiger partial charge in [0.1, 0.15) is 11.3 Å². The summed E-state index contributed by atoms with van der Waals surface area (Å²) >= 11 is 0. The minimum absolute atomic E-state index is 0.0228. The van der Waals surface area contributed by atoms with Crippen LogP contribution in [0.5, 0.6) is 0 Å². The van der Waals surface area contributed by atoms with Crippen molar-refractivity contribution in [1.82, 2.24) is 18.8 Å². The van der Waals surface area contributed by atoms with Crippen LogP contribution in [0.15, 0.2) is 47.6 Å². The monoisotopic (exact) mass is 471 g/mol. The zero-order valence-corrected chi connectivity index (χ0v) is 19.1. The van der Waals surface area contributed by atoms with Crippen LogP contribution in [0.25, 0.3) is 11.2 Å². The number of hydrogen-bond acceptors (Lipinski definition) is 7. The molecule has 2 atom stereocenters. The zero-order valence-electron chi connectivity index (χ0n) is 18.3. The Morgan fingerprint density at radius 1 is 1.21 bits per heavy atom. The molecular formula is C22H25N5O5S. The number of piperidine rings is 1. The van der Waals surface area contributed by atoms with Gasteiger partial charge in [-0.25, -0.2) is 27.2 Å². The molecule has 0 spiro atoms. The van der Waals surface area contributed by atoms with Crippen molar-refractivity contribution in [2.24, 2.45) is 11.8 Å². The van der Waals surface area contributed by atoms with Crippen LogP contribution < -0.4 is 5.32 Å². The first kappa shape index (κ1) is 22.7. The Morgan fingerprint density at radius 2 is 1.94 bits per heavy atom. The molecule has 1 fully saturated rings. The standard InChI is InChI=1S/C22H25N5O5S/c1-14-3-5-16(6-4-14)33(31,32)27-10-8-18-21(27)24-12-20(25-18)23-11-19(28)17-13-26(22(29)30)9-7-15(17)2/h3-6,8,10,12,15,17H,7,9,11,13H2,1-2H3,(H,23,25)(H,29,30). The second-order valence-electron chi connectivity index (χ2n) is 8.31. The third-order valence-corrected chi connectivity index (χ3v) is 7.70. The number of fused-ring (bicyclic) bond motifs is 1. The number of aryl methyl sites for hydroxylation is 1. The van der Waals surface area contributed by atoms with Gasteiger partial charge in [0.25, 0.3) is 10.0 Å². The lowest BCUT2D eigenvalue weighted by Gasteiger charge is -2.34. The summed E-state index contributed by atoms with van der Waals surface area (Å²) in [7, 11) is -3.82. The molecule has 0 bridgehead atoms. The molecule has 1 aliphatic heterocycles. The molecular weight excluding hydrogens is 446 g/mol. The lowest BCUT2D eigenvalue weighted by Crippen LogP contribution is -2.46. The van der Waals surface area contributed by atoms with Crippen molar-refractivity contribution in [3.8, 4) is 0 Å². The van der Waals surface area contributed by atoms with E-state index in [9.17, 15) is 23.1 Å². The third kappa shape index (κ3) is 4.54. The van der Waals surface area contributed by atoms with Crippen LogP contribution in [-0.4, -0.2) is 63.9 Å². The number of carbonyl (C=O) groups excluding carboxylic acids is 1. The SMILES string of the molecule is Cc1ccc(S(=O)(=O)n2ccc3nc(NCC(=O)C4CN(C(=O)O)CCC4C)cnc32)cc1.